The summed E-state index contributed by atoms with van der Waals surface area (Å²) in [5.41, 5.74) is 1.97. The largest absolute Gasteiger partial charge is 0.458 e. The molecule has 1 fully saturated rings. The molecule has 1 saturated heterocycles. The summed E-state index contributed by atoms with van der Waals surface area (Å²) < 4.78 is 7.86. The van der Waals surface area contributed by atoms with E-state index in [4.69, 9.17) is 4.42 Å². The molecule has 25 heavy (non-hydrogen) atoms. The first kappa shape index (κ1) is 16.0. The number of aromatic amines is 1. The molecule has 1 aliphatic rings. The van der Waals surface area contributed by atoms with E-state index in [0.29, 0.717) is 6.04 Å². The number of nitrogens with one attached hydrogen (secondary N) is 2. The second kappa shape index (κ2) is 6.76. The van der Waals surface area contributed by atoms with Gasteiger partial charge in [0.15, 0.2) is 5.76 Å². The van der Waals surface area contributed by atoms with Crippen LogP contribution in [0.4, 0.5) is 5.82 Å². The highest BCUT2D eigenvalue weighted by Crippen LogP contribution is 2.22. The number of furan rings is 1. The Morgan fingerprint density at radius 2 is 2.28 bits per heavy atom. The molecule has 1 atom stereocenters. The average Bonchev–Trinajstić information content (AvgIpc) is 3.33. The maximum atomic E-state index is 5.89. The third-order valence-electron chi connectivity index (χ3n) is 4.72. The van der Waals surface area contributed by atoms with Crippen LogP contribution in [-0.4, -0.2) is 39.1 Å². The zero-order chi connectivity index (χ0) is 17.2. The van der Waals surface area contributed by atoms with Crippen molar-refractivity contribution in [3.8, 4) is 11.5 Å². The van der Waals surface area contributed by atoms with Gasteiger partial charge in [-0.2, -0.15) is 10.2 Å². The predicted molar refractivity (Wildman–Crippen MR) is 96.3 cm³/mol. The van der Waals surface area contributed by atoms with Gasteiger partial charge in [-0.3, -0.25) is 9.78 Å². The maximum absolute atomic E-state index is 5.89. The summed E-state index contributed by atoms with van der Waals surface area (Å²) in [4.78, 5) is 2.42. The Bertz CT molecular complexity index is 819. The molecular formula is C18H24N6O. The van der Waals surface area contributed by atoms with Gasteiger partial charge in [0.05, 0.1) is 12.2 Å². The summed E-state index contributed by atoms with van der Waals surface area (Å²) in [5.74, 6) is 2.96. The molecule has 7 heteroatoms. The van der Waals surface area contributed by atoms with Gasteiger partial charge < -0.3 is 14.6 Å². The Labute approximate surface area is 147 Å². The van der Waals surface area contributed by atoms with Crippen molar-refractivity contribution in [2.45, 2.75) is 32.4 Å². The normalized spacial score (nSPS) is 18.0. The van der Waals surface area contributed by atoms with Crippen LogP contribution in [0.3, 0.4) is 0 Å². The standard InChI is InChI=1S/C18H24N6O/c1-13-10-18(23(2)22-13)24-9-3-4-14(12-24)19-11-15-5-6-17(25-15)16-7-8-20-21-16/h5-8,10,14,19H,3-4,9,11-12H2,1-2H3,(H,20,21)/t14-/m1/s1. The third kappa shape index (κ3) is 3.46. The molecule has 0 saturated carbocycles. The van der Waals surface area contributed by atoms with E-state index in [1.54, 1.807) is 6.20 Å². The van der Waals surface area contributed by atoms with Gasteiger partial charge in [-0.15, -0.1) is 0 Å². The minimum absolute atomic E-state index is 0.449. The van der Waals surface area contributed by atoms with Gasteiger partial charge in [0.1, 0.15) is 17.3 Å². The van der Waals surface area contributed by atoms with Gasteiger partial charge in [-0.1, -0.05) is 0 Å². The Morgan fingerprint density at radius 3 is 3.04 bits per heavy atom. The van der Waals surface area contributed by atoms with E-state index in [9.17, 15) is 0 Å². The topological polar surface area (TPSA) is 74.9 Å². The lowest BCUT2D eigenvalue weighted by atomic mass is 10.1. The fourth-order valence-corrected chi connectivity index (χ4v) is 3.50. The lowest BCUT2D eigenvalue weighted by Gasteiger charge is -2.34. The molecule has 3 aromatic heterocycles. The SMILES string of the molecule is Cc1cc(N2CCC[C@@H](NCc3ccc(-c4ccn[nH]4)o3)C2)n(C)n1. The van der Waals surface area contributed by atoms with E-state index in [1.165, 1.54) is 18.7 Å². The fourth-order valence-electron chi connectivity index (χ4n) is 3.50. The maximum Gasteiger partial charge on any atom is 0.152 e. The smallest absolute Gasteiger partial charge is 0.152 e. The number of piperidine rings is 1. The number of nitrogens with zero attached hydrogens (tertiary/aromatic N) is 4. The van der Waals surface area contributed by atoms with Crippen LogP contribution >= 0.6 is 0 Å². The van der Waals surface area contributed by atoms with Crippen molar-refractivity contribution >= 4 is 5.82 Å². The predicted octanol–water partition coefficient (Wildman–Crippen LogP) is 2.47. The van der Waals surface area contributed by atoms with Crippen molar-refractivity contribution < 1.29 is 4.42 Å². The molecule has 7 nitrogen and oxygen atoms in total. The van der Waals surface area contributed by atoms with Crippen LogP contribution in [0, 0.1) is 6.92 Å². The highest BCUT2D eigenvalue weighted by molar-refractivity contribution is 5.51. The zero-order valence-corrected chi connectivity index (χ0v) is 14.7. The highest BCUT2D eigenvalue weighted by Gasteiger charge is 2.22. The Kier molecular flexibility index (Phi) is 4.31. The van der Waals surface area contributed by atoms with Crippen LogP contribution in [-0.2, 0) is 13.6 Å². The molecule has 0 aromatic carbocycles. The average molecular weight is 340 g/mol. The molecule has 132 valence electrons. The summed E-state index contributed by atoms with van der Waals surface area (Å²) in [7, 11) is 2.01. The molecule has 4 rings (SSSR count). The number of H-pyrrole nitrogens is 1. The van der Waals surface area contributed by atoms with E-state index in [2.05, 4.69) is 31.6 Å². The number of hydrogen-bond acceptors (Lipinski definition) is 5. The third-order valence-corrected chi connectivity index (χ3v) is 4.72. The Balaban J connectivity index is 1.36. The number of aromatic nitrogens is 4. The van der Waals surface area contributed by atoms with Crippen LogP contribution in [0.15, 0.2) is 34.9 Å². The van der Waals surface area contributed by atoms with Gasteiger partial charge in [0.25, 0.3) is 0 Å². The van der Waals surface area contributed by atoms with E-state index in [0.717, 1.165) is 42.5 Å². The van der Waals surface area contributed by atoms with E-state index < -0.39 is 0 Å². The summed E-state index contributed by atoms with van der Waals surface area (Å²) in [6.45, 7) is 4.85. The first-order valence-electron chi connectivity index (χ1n) is 8.76. The lowest BCUT2D eigenvalue weighted by molar-refractivity contribution is 0.394. The first-order chi connectivity index (χ1) is 12.2. The van der Waals surface area contributed by atoms with Crippen molar-refractivity contribution in [1.82, 2.24) is 25.3 Å². The number of hydrogen-bond donors (Lipinski definition) is 2. The van der Waals surface area contributed by atoms with Crippen molar-refractivity contribution in [2.75, 3.05) is 18.0 Å². The van der Waals surface area contributed by atoms with Crippen molar-refractivity contribution in [3.05, 3.63) is 41.9 Å². The summed E-state index contributed by atoms with van der Waals surface area (Å²) in [6.07, 6.45) is 4.09. The first-order valence-corrected chi connectivity index (χ1v) is 8.76. The van der Waals surface area contributed by atoms with E-state index in [1.807, 2.05) is 36.9 Å². The molecule has 0 amide bonds. The Hall–Kier alpha value is -2.54. The fraction of sp³-hybridized carbons (Fsp3) is 0.444. The van der Waals surface area contributed by atoms with Gasteiger partial charge in [-0.05, 0) is 38.0 Å². The second-order valence-corrected chi connectivity index (χ2v) is 6.67. The molecule has 4 heterocycles. The second-order valence-electron chi connectivity index (χ2n) is 6.67. The molecule has 0 bridgehead atoms. The minimum atomic E-state index is 0.449. The summed E-state index contributed by atoms with van der Waals surface area (Å²) in [6, 6.07) is 8.52. The monoisotopic (exact) mass is 340 g/mol. The van der Waals surface area contributed by atoms with Crippen LogP contribution in [0.2, 0.25) is 0 Å². The molecule has 1 aliphatic heterocycles. The zero-order valence-electron chi connectivity index (χ0n) is 14.7. The van der Waals surface area contributed by atoms with Crippen molar-refractivity contribution in [3.63, 3.8) is 0 Å². The van der Waals surface area contributed by atoms with Crippen LogP contribution in [0.5, 0.6) is 0 Å². The van der Waals surface area contributed by atoms with Crippen molar-refractivity contribution in [1.29, 1.82) is 0 Å². The van der Waals surface area contributed by atoms with Crippen LogP contribution in [0.1, 0.15) is 24.3 Å². The molecular weight excluding hydrogens is 316 g/mol. The summed E-state index contributed by atoms with van der Waals surface area (Å²) >= 11 is 0. The molecule has 0 unspecified atom stereocenters. The number of aryl methyl sites for hydroxylation is 2. The molecule has 0 spiro atoms. The Morgan fingerprint density at radius 1 is 1.36 bits per heavy atom. The van der Waals surface area contributed by atoms with Crippen molar-refractivity contribution in [2.24, 2.45) is 7.05 Å². The van der Waals surface area contributed by atoms with Crippen LogP contribution in [0.25, 0.3) is 11.5 Å². The molecule has 0 aliphatic carbocycles. The van der Waals surface area contributed by atoms with Gasteiger partial charge in [-0.25, -0.2) is 0 Å². The van der Waals surface area contributed by atoms with Gasteiger partial charge in [0, 0.05) is 38.4 Å². The van der Waals surface area contributed by atoms with Gasteiger partial charge in [0.2, 0.25) is 0 Å². The molecule has 0 radical (unpaired) electrons. The molecule has 3 aromatic rings. The quantitative estimate of drug-likeness (QED) is 0.746. The lowest BCUT2D eigenvalue weighted by Crippen LogP contribution is -2.46. The van der Waals surface area contributed by atoms with Crippen LogP contribution < -0.4 is 10.2 Å². The molecule has 2 N–H and O–H groups in total. The number of anilines is 1. The van der Waals surface area contributed by atoms with Gasteiger partial charge >= 0.3 is 0 Å². The summed E-state index contributed by atoms with van der Waals surface area (Å²) in [5, 5.41) is 15.0. The van der Waals surface area contributed by atoms with E-state index >= 15 is 0 Å². The number of rotatable bonds is 5. The highest BCUT2D eigenvalue weighted by atomic mass is 16.3. The van der Waals surface area contributed by atoms with E-state index in [-0.39, 0.29) is 0 Å². The minimum Gasteiger partial charge on any atom is -0.458 e.